The van der Waals surface area contributed by atoms with E-state index in [2.05, 4.69) is 0 Å². The molecule has 0 bridgehead atoms. The van der Waals surface area contributed by atoms with Gasteiger partial charge in [-0.3, -0.25) is 14.4 Å². The standard InChI is InChI=1S/C22H27NO6/c1-5-23(6-2)20(25)12-14(3)16-9-10-18(28-11-7-8-21(26)27)22-17(16)13-19(29-22)15(4)24/h9-10,12-13H,5-8,11H2,1-4H3,(H,26,27)/b14-12-. The highest BCUT2D eigenvalue weighted by Gasteiger charge is 2.17. The summed E-state index contributed by atoms with van der Waals surface area (Å²) >= 11 is 0. The topological polar surface area (TPSA) is 97.1 Å². The molecule has 0 fully saturated rings. The molecule has 0 atom stereocenters. The number of furan rings is 1. The molecule has 0 saturated carbocycles. The summed E-state index contributed by atoms with van der Waals surface area (Å²) in [6.07, 6.45) is 1.94. The third-order valence-electron chi connectivity index (χ3n) is 4.63. The number of aliphatic carboxylic acids is 1. The zero-order valence-corrected chi connectivity index (χ0v) is 17.3. The van der Waals surface area contributed by atoms with Gasteiger partial charge >= 0.3 is 5.97 Å². The molecule has 0 spiro atoms. The Labute approximate surface area is 169 Å². The van der Waals surface area contributed by atoms with Gasteiger partial charge in [-0.15, -0.1) is 0 Å². The normalized spacial score (nSPS) is 11.5. The largest absolute Gasteiger partial charge is 0.490 e. The summed E-state index contributed by atoms with van der Waals surface area (Å²) in [7, 11) is 0. The van der Waals surface area contributed by atoms with Crippen LogP contribution in [0, 0.1) is 0 Å². The summed E-state index contributed by atoms with van der Waals surface area (Å²) in [6.45, 7) is 8.56. The van der Waals surface area contributed by atoms with Crippen molar-refractivity contribution in [3.63, 3.8) is 0 Å². The second kappa shape index (κ2) is 9.91. The molecule has 0 saturated heterocycles. The average molecular weight is 401 g/mol. The minimum Gasteiger partial charge on any atom is -0.490 e. The van der Waals surface area contributed by atoms with Gasteiger partial charge in [-0.05, 0) is 50.5 Å². The first-order chi connectivity index (χ1) is 13.8. The van der Waals surface area contributed by atoms with E-state index in [1.54, 1.807) is 23.1 Å². The Morgan fingerprint density at radius 1 is 1.17 bits per heavy atom. The lowest BCUT2D eigenvalue weighted by molar-refractivity contribution is -0.137. The number of hydrogen-bond acceptors (Lipinski definition) is 5. The monoisotopic (exact) mass is 401 g/mol. The number of amides is 1. The van der Waals surface area contributed by atoms with Crippen molar-refractivity contribution in [1.82, 2.24) is 4.90 Å². The Bertz CT molecular complexity index is 936. The first-order valence-corrected chi connectivity index (χ1v) is 9.68. The first kappa shape index (κ1) is 22.2. The zero-order chi connectivity index (χ0) is 21.6. The smallest absolute Gasteiger partial charge is 0.303 e. The number of benzene rings is 1. The molecule has 29 heavy (non-hydrogen) atoms. The zero-order valence-electron chi connectivity index (χ0n) is 17.3. The van der Waals surface area contributed by atoms with Crippen molar-refractivity contribution >= 4 is 34.2 Å². The number of Topliss-reactive ketones (excluding diaryl/α,β-unsaturated/α-hetero) is 1. The van der Waals surface area contributed by atoms with Gasteiger partial charge in [-0.25, -0.2) is 0 Å². The number of fused-ring (bicyclic) bond motifs is 1. The Morgan fingerprint density at radius 2 is 1.86 bits per heavy atom. The molecule has 1 aromatic heterocycles. The third kappa shape index (κ3) is 5.47. The van der Waals surface area contributed by atoms with Crippen LogP contribution in [0.5, 0.6) is 5.75 Å². The Balaban J connectivity index is 2.41. The lowest BCUT2D eigenvalue weighted by atomic mass is 10.0. The van der Waals surface area contributed by atoms with Crippen molar-refractivity contribution in [3.05, 3.63) is 35.6 Å². The Hall–Kier alpha value is -3.09. The number of rotatable bonds is 10. The molecule has 1 N–H and O–H groups in total. The summed E-state index contributed by atoms with van der Waals surface area (Å²) in [4.78, 5) is 36.6. The highest BCUT2D eigenvalue weighted by molar-refractivity contribution is 6.03. The summed E-state index contributed by atoms with van der Waals surface area (Å²) in [5, 5.41) is 9.42. The van der Waals surface area contributed by atoms with Gasteiger partial charge < -0.3 is 19.2 Å². The molecular weight excluding hydrogens is 374 g/mol. The van der Waals surface area contributed by atoms with Crippen molar-refractivity contribution in [2.75, 3.05) is 19.7 Å². The van der Waals surface area contributed by atoms with E-state index in [0.29, 0.717) is 36.2 Å². The van der Waals surface area contributed by atoms with Gasteiger partial charge in [0, 0.05) is 37.9 Å². The van der Waals surface area contributed by atoms with E-state index in [1.165, 1.54) is 6.92 Å². The van der Waals surface area contributed by atoms with Crippen molar-refractivity contribution in [3.8, 4) is 5.75 Å². The number of likely N-dealkylation sites (N-methyl/N-ethyl adjacent to an activating group) is 1. The predicted octanol–water partition coefficient (Wildman–Crippen LogP) is 4.15. The molecule has 1 aromatic carbocycles. The van der Waals surface area contributed by atoms with E-state index in [-0.39, 0.29) is 30.5 Å². The van der Waals surface area contributed by atoms with Crippen LogP contribution in [0.25, 0.3) is 16.5 Å². The molecule has 7 nitrogen and oxygen atoms in total. The van der Waals surface area contributed by atoms with Gasteiger partial charge in [0.15, 0.2) is 22.9 Å². The van der Waals surface area contributed by atoms with Crippen LogP contribution in [0.2, 0.25) is 0 Å². The number of hydrogen-bond donors (Lipinski definition) is 1. The third-order valence-corrected chi connectivity index (χ3v) is 4.63. The predicted molar refractivity (Wildman–Crippen MR) is 110 cm³/mol. The molecular formula is C22H27NO6. The van der Waals surface area contributed by atoms with Crippen LogP contribution in [-0.4, -0.2) is 47.4 Å². The highest BCUT2D eigenvalue weighted by atomic mass is 16.5. The second-order valence-electron chi connectivity index (χ2n) is 6.70. The number of nitrogens with zero attached hydrogens (tertiary/aromatic N) is 1. The fraction of sp³-hybridized carbons (Fsp3) is 0.409. The minimum absolute atomic E-state index is 0.00733. The van der Waals surface area contributed by atoms with Crippen molar-refractivity contribution in [2.45, 2.75) is 40.5 Å². The van der Waals surface area contributed by atoms with Gasteiger partial charge in [-0.2, -0.15) is 0 Å². The fourth-order valence-corrected chi connectivity index (χ4v) is 3.02. The fourth-order valence-electron chi connectivity index (χ4n) is 3.02. The van der Waals surface area contributed by atoms with E-state index in [4.69, 9.17) is 14.3 Å². The van der Waals surface area contributed by atoms with Gasteiger partial charge in [0.05, 0.1) is 6.61 Å². The summed E-state index contributed by atoms with van der Waals surface area (Å²) < 4.78 is 11.4. The van der Waals surface area contributed by atoms with Crippen molar-refractivity contribution in [1.29, 1.82) is 0 Å². The van der Waals surface area contributed by atoms with Gasteiger partial charge in [0.1, 0.15) is 0 Å². The highest BCUT2D eigenvalue weighted by Crippen LogP contribution is 2.35. The van der Waals surface area contributed by atoms with Gasteiger partial charge in [0.25, 0.3) is 0 Å². The van der Waals surface area contributed by atoms with Crippen LogP contribution in [0.3, 0.4) is 0 Å². The van der Waals surface area contributed by atoms with Crippen LogP contribution in [0.15, 0.2) is 28.7 Å². The molecule has 7 heteroatoms. The maximum absolute atomic E-state index is 12.4. The number of allylic oxidation sites excluding steroid dienone is 1. The van der Waals surface area contributed by atoms with E-state index in [0.717, 1.165) is 11.1 Å². The Kier molecular flexibility index (Phi) is 7.59. The van der Waals surface area contributed by atoms with Gasteiger partial charge in [-0.1, -0.05) is 6.07 Å². The van der Waals surface area contributed by atoms with E-state index in [1.807, 2.05) is 26.8 Å². The summed E-state index contributed by atoms with van der Waals surface area (Å²) in [6, 6.07) is 5.18. The summed E-state index contributed by atoms with van der Waals surface area (Å²) in [5.74, 6) is -0.547. The molecule has 2 aromatic rings. The number of carbonyl (C=O) groups excluding carboxylic acids is 2. The lowest BCUT2D eigenvalue weighted by Gasteiger charge is -2.17. The molecule has 1 amide bonds. The maximum Gasteiger partial charge on any atom is 0.303 e. The number of ketones is 1. The van der Waals surface area contributed by atoms with Crippen molar-refractivity contribution < 1.29 is 28.6 Å². The molecule has 1 heterocycles. The number of carbonyl (C=O) groups is 3. The summed E-state index contributed by atoms with van der Waals surface area (Å²) in [5.41, 5.74) is 1.93. The molecule has 0 unspecified atom stereocenters. The van der Waals surface area contributed by atoms with Crippen LogP contribution in [0.1, 0.15) is 56.7 Å². The van der Waals surface area contributed by atoms with Gasteiger partial charge in [0.2, 0.25) is 5.91 Å². The van der Waals surface area contributed by atoms with Crippen LogP contribution >= 0.6 is 0 Å². The lowest BCUT2D eigenvalue weighted by Crippen LogP contribution is -2.28. The Morgan fingerprint density at radius 3 is 2.45 bits per heavy atom. The number of carboxylic acids is 1. The number of carboxylic acid groups (broad SMARTS) is 1. The minimum atomic E-state index is -0.885. The molecule has 2 rings (SSSR count). The SMILES string of the molecule is CCN(CC)C(=O)/C=C(/C)c1ccc(OCCCC(=O)O)c2oc(C(C)=O)cc12. The number of ether oxygens (including phenoxy) is 1. The van der Waals surface area contributed by atoms with Crippen LogP contribution < -0.4 is 4.74 Å². The van der Waals surface area contributed by atoms with Crippen molar-refractivity contribution in [2.24, 2.45) is 0 Å². The molecule has 0 aliphatic heterocycles. The molecule has 0 aliphatic carbocycles. The van der Waals surface area contributed by atoms with Crippen LogP contribution in [0.4, 0.5) is 0 Å². The van der Waals surface area contributed by atoms with E-state index in [9.17, 15) is 14.4 Å². The van der Waals surface area contributed by atoms with Crippen LogP contribution in [-0.2, 0) is 9.59 Å². The molecule has 156 valence electrons. The van der Waals surface area contributed by atoms with E-state index >= 15 is 0 Å². The maximum atomic E-state index is 12.4. The first-order valence-electron chi connectivity index (χ1n) is 9.68. The molecule has 0 aliphatic rings. The molecule has 0 radical (unpaired) electrons. The quantitative estimate of drug-likeness (QED) is 0.365. The average Bonchev–Trinajstić information content (AvgIpc) is 3.11. The second-order valence-corrected chi connectivity index (χ2v) is 6.70. The van der Waals surface area contributed by atoms with E-state index < -0.39 is 5.97 Å².